The van der Waals surface area contributed by atoms with E-state index in [9.17, 15) is 4.79 Å². The van der Waals surface area contributed by atoms with E-state index in [-0.39, 0.29) is 5.97 Å². The molecule has 15 heavy (non-hydrogen) atoms. The van der Waals surface area contributed by atoms with E-state index < -0.39 is 0 Å². The van der Waals surface area contributed by atoms with Gasteiger partial charge in [-0.15, -0.1) is 0 Å². The van der Waals surface area contributed by atoms with Gasteiger partial charge in [-0.2, -0.15) is 0 Å². The molecule has 0 radical (unpaired) electrons. The Balaban J connectivity index is 2.87. The molecular formula is C12H15NO2. The van der Waals surface area contributed by atoms with Crippen molar-refractivity contribution < 1.29 is 9.53 Å². The third-order valence-corrected chi connectivity index (χ3v) is 1.89. The topological polar surface area (TPSA) is 38.7 Å². The third-order valence-electron chi connectivity index (χ3n) is 1.89. The van der Waals surface area contributed by atoms with Gasteiger partial charge in [0.15, 0.2) is 0 Å². The number of hydrogen-bond donors (Lipinski definition) is 0. The number of nitrogens with zero attached hydrogens (tertiary/aromatic N) is 1. The van der Waals surface area contributed by atoms with Gasteiger partial charge in [0.1, 0.15) is 0 Å². The van der Waals surface area contributed by atoms with E-state index in [0.29, 0.717) is 12.2 Å². The molecule has 0 bridgehead atoms. The second kappa shape index (κ2) is 5.96. The van der Waals surface area contributed by atoms with E-state index in [0.717, 1.165) is 12.0 Å². The van der Waals surface area contributed by atoms with Gasteiger partial charge in [0.2, 0.25) is 0 Å². The highest BCUT2D eigenvalue weighted by molar-refractivity contribution is 5.99. The second-order valence-electron chi connectivity index (χ2n) is 3.11. The maximum absolute atomic E-state index is 11.6. The van der Waals surface area contributed by atoms with E-state index in [1.165, 1.54) is 0 Å². The average Bonchev–Trinajstić information content (AvgIpc) is 2.27. The Labute approximate surface area is 89.8 Å². The molecule has 80 valence electrons. The van der Waals surface area contributed by atoms with Crippen LogP contribution in [-0.2, 0) is 4.74 Å². The Bertz CT molecular complexity index is 358. The standard InChI is InChI=1S/C12H15NO2/c1-3-8-15-12(14)11-7-5-4-6-10(11)9-13-2/h4-7,9H,3,8H2,1-2H3. The normalized spacial score (nSPS) is 10.5. The Morgan fingerprint density at radius 1 is 1.47 bits per heavy atom. The SMILES string of the molecule is CCCOC(=O)c1ccccc1C=NC. The van der Waals surface area contributed by atoms with Gasteiger partial charge in [-0.3, -0.25) is 4.99 Å². The molecule has 1 aromatic rings. The smallest absolute Gasteiger partial charge is 0.338 e. The number of rotatable bonds is 4. The van der Waals surface area contributed by atoms with Crippen LogP contribution in [0.2, 0.25) is 0 Å². The van der Waals surface area contributed by atoms with E-state index >= 15 is 0 Å². The van der Waals surface area contributed by atoms with Crippen LogP contribution < -0.4 is 0 Å². The van der Waals surface area contributed by atoms with Crippen molar-refractivity contribution >= 4 is 12.2 Å². The molecule has 3 heteroatoms. The molecule has 0 unspecified atom stereocenters. The number of aliphatic imine (C=N–C) groups is 1. The summed E-state index contributed by atoms with van der Waals surface area (Å²) in [6.07, 6.45) is 2.48. The number of carbonyl (C=O) groups is 1. The summed E-state index contributed by atoms with van der Waals surface area (Å²) in [7, 11) is 1.67. The van der Waals surface area contributed by atoms with Crippen LogP contribution >= 0.6 is 0 Å². The highest BCUT2D eigenvalue weighted by Gasteiger charge is 2.09. The molecule has 0 fully saturated rings. The summed E-state index contributed by atoms with van der Waals surface area (Å²) >= 11 is 0. The lowest BCUT2D eigenvalue weighted by atomic mass is 10.1. The predicted molar refractivity (Wildman–Crippen MR) is 60.5 cm³/mol. The molecule has 0 aliphatic carbocycles. The lowest BCUT2D eigenvalue weighted by Crippen LogP contribution is -2.08. The zero-order valence-electron chi connectivity index (χ0n) is 9.06. The molecule has 3 nitrogen and oxygen atoms in total. The van der Waals surface area contributed by atoms with Gasteiger partial charge in [-0.05, 0) is 12.5 Å². The highest BCUT2D eigenvalue weighted by atomic mass is 16.5. The van der Waals surface area contributed by atoms with Crippen molar-refractivity contribution in [2.24, 2.45) is 4.99 Å². The van der Waals surface area contributed by atoms with Crippen molar-refractivity contribution in [1.29, 1.82) is 0 Å². The van der Waals surface area contributed by atoms with Gasteiger partial charge in [0.25, 0.3) is 0 Å². The predicted octanol–water partition coefficient (Wildman–Crippen LogP) is 2.30. The van der Waals surface area contributed by atoms with Crippen LogP contribution in [0, 0.1) is 0 Å². The average molecular weight is 205 g/mol. The zero-order valence-corrected chi connectivity index (χ0v) is 9.06. The number of carbonyl (C=O) groups excluding carboxylic acids is 1. The van der Waals surface area contributed by atoms with E-state index in [1.807, 2.05) is 25.1 Å². The van der Waals surface area contributed by atoms with Crippen molar-refractivity contribution in [2.45, 2.75) is 13.3 Å². The minimum atomic E-state index is -0.285. The lowest BCUT2D eigenvalue weighted by Gasteiger charge is -2.05. The summed E-state index contributed by atoms with van der Waals surface area (Å²) < 4.78 is 5.06. The van der Waals surface area contributed by atoms with Crippen LogP contribution in [0.5, 0.6) is 0 Å². The fourth-order valence-electron chi connectivity index (χ4n) is 1.21. The second-order valence-corrected chi connectivity index (χ2v) is 3.11. The molecule has 0 spiro atoms. The first-order chi connectivity index (χ1) is 7.29. The number of benzene rings is 1. The molecule has 0 saturated carbocycles. The fraction of sp³-hybridized carbons (Fsp3) is 0.333. The third kappa shape index (κ3) is 3.20. The quantitative estimate of drug-likeness (QED) is 0.559. The maximum Gasteiger partial charge on any atom is 0.338 e. The first-order valence-electron chi connectivity index (χ1n) is 4.98. The molecule has 0 aromatic heterocycles. The van der Waals surface area contributed by atoms with Gasteiger partial charge in [-0.25, -0.2) is 4.79 Å². The molecule has 0 aliphatic rings. The highest BCUT2D eigenvalue weighted by Crippen LogP contribution is 2.08. The number of esters is 1. The maximum atomic E-state index is 11.6. The molecule has 0 saturated heterocycles. The van der Waals surface area contributed by atoms with E-state index in [2.05, 4.69) is 4.99 Å². The Hall–Kier alpha value is -1.64. The molecule has 1 rings (SSSR count). The molecule has 0 aliphatic heterocycles. The first-order valence-corrected chi connectivity index (χ1v) is 4.98. The number of ether oxygens (including phenoxy) is 1. The molecule has 0 N–H and O–H groups in total. The summed E-state index contributed by atoms with van der Waals surface area (Å²) in [5.74, 6) is -0.285. The van der Waals surface area contributed by atoms with Crippen LogP contribution in [0.1, 0.15) is 29.3 Å². The minimum Gasteiger partial charge on any atom is -0.462 e. The summed E-state index contributed by atoms with van der Waals surface area (Å²) in [4.78, 5) is 15.5. The van der Waals surface area contributed by atoms with Crippen molar-refractivity contribution in [3.05, 3.63) is 35.4 Å². The molecular weight excluding hydrogens is 190 g/mol. The van der Waals surface area contributed by atoms with Crippen LogP contribution in [0.4, 0.5) is 0 Å². The summed E-state index contributed by atoms with van der Waals surface area (Å²) in [6.45, 7) is 2.42. The van der Waals surface area contributed by atoms with Gasteiger partial charge in [0, 0.05) is 18.8 Å². The first kappa shape index (κ1) is 11.4. The lowest BCUT2D eigenvalue weighted by molar-refractivity contribution is 0.0505. The molecule has 0 amide bonds. The monoisotopic (exact) mass is 205 g/mol. The zero-order chi connectivity index (χ0) is 11.1. The van der Waals surface area contributed by atoms with Crippen molar-refractivity contribution in [3.8, 4) is 0 Å². The Morgan fingerprint density at radius 2 is 2.20 bits per heavy atom. The van der Waals surface area contributed by atoms with Crippen LogP contribution in [0.3, 0.4) is 0 Å². The van der Waals surface area contributed by atoms with Gasteiger partial charge >= 0.3 is 5.97 Å². The van der Waals surface area contributed by atoms with Crippen LogP contribution in [0.25, 0.3) is 0 Å². The molecule has 1 aromatic carbocycles. The fourth-order valence-corrected chi connectivity index (χ4v) is 1.21. The van der Waals surface area contributed by atoms with E-state index in [4.69, 9.17) is 4.74 Å². The molecule has 0 atom stereocenters. The van der Waals surface area contributed by atoms with Crippen LogP contribution in [-0.4, -0.2) is 25.8 Å². The van der Waals surface area contributed by atoms with E-state index in [1.54, 1.807) is 19.3 Å². The Kier molecular flexibility index (Phi) is 4.54. The van der Waals surface area contributed by atoms with Crippen molar-refractivity contribution in [3.63, 3.8) is 0 Å². The van der Waals surface area contributed by atoms with Crippen molar-refractivity contribution in [2.75, 3.05) is 13.7 Å². The summed E-state index contributed by atoms with van der Waals surface area (Å²) in [5.41, 5.74) is 1.36. The van der Waals surface area contributed by atoms with Gasteiger partial charge in [0.05, 0.1) is 12.2 Å². The van der Waals surface area contributed by atoms with Crippen molar-refractivity contribution in [1.82, 2.24) is 0 Å². The summed E-state index contributed by atoms with van der Waals surface area (Å²) in [5, 5.41) is 0. The van der Waals surface area contributed by atoms with Crippen LogP contribution in [0.15, 0.2) is 29.3 Å². The Morgan fingerprint density at radius 3 is 2.87 bits per heavy atom. The summed E-state index contributed by atoms with van der Waals surface area (Å²) in [6, 6.07) is 7.27. The van der Waals surface area contributed by atoms with Gasteiger partial charge in [-0.1, -0.05) is 25.1 Å². The molecule has 0 heterocycles. The van der Waals surface area contributed by atoms with Gasteiger partial charge < -0.3 is 4.74 Å². The minimum absolute atomic E-state index is 0.285. The number of hydrogen-bond acceptors (Lipinski definition) is 3. The largest absolute Gasteiger partial charge is 0.462 e.